The van der Waals surface area contributed by atoms with Gasteiger partial charge >= 0.3 is 6.18 Å². The molecule has 1 aliphatic rings. The predicted octanol–water partition coefficient (Wildman–Crippen LogP) is 4.78. The van der Waals surface area contributed by atoms with Crippen molar-refractivity contribution in [3.05, 3.63) is 57.7 Å². The molecule has 1 aromatic heterocycles. The first-order valence-electron chi connectivity index (χ1n) is 7.78. The van der Waals surface area contributed by atoms with E-state index in [1.165, 1.54) is 6.07 Å². The molecular weight excluding hydrogens is 374 g/mol. The van der Waals surface area contributed by atoms with Crippen LogP contribution >= 0.6 is 23.2 Å². The molecule has 1 aromatic carbocycles. The van der Waals surface area contributed by atoms with Gasteiger partial charge in [0, 0.05) is 41.9 Å². The Bertz CT molecular complexity index is 735. The first-order chi connectivity index (χ1) is 11.8. The second kappa shape index (κ2) is 7.40. The Hall–Kier alpha value is -1.50. The van der Waals surface area contributed by atoms with E-state index in [2.05, 4.69) is 10.3 Å². The van der Waals surface area contributed by atoms with Gasteiger partial charge < -0.3 is 10.2 Å². The summed E-state index contributed by atoms with van der Waals surface area (Å²) in [6.45, 7) is 2.03. The van der Waals surface area contributed by atoms with Crippen LogP contribution in [0.15, 0.2) is 36.5 Å². The lowest BCUT2D eigenvalue weighted by atomic mass is 10.2. The number of alkyl halides is 3. The second-order valence-corrected chi connectivity index (χ2v) is 6.79. The third kappa shape index (κ3) is 4.57. The number of anilines is 1. The molecule has 8 heteroatoms. The van der Waals surface area contributed by atoms with Crippen LogP contribution in [-0.2, 0) is 12.7 Å². The average Bonchev–Trinajstić information content (AvgIpc) is 3.02. The molecular formula is C17H16Cl2F3N3. The van der Waals surface area contributed by atoms with E-state index < -0.39 is 11.7 Å². The van der Waals surface area contributed by atoms with Crippen molar-refractivity contribution in [2.45, 2.75) is 25.2 Å². The Balaban J connectivity index is 1.56. The van der Waals surface area contributed by atoms with Crippen LogP contribution in [0.5, 0.6) is 0 Å². The van der Waals surface area contributed by atoms with Gasteiger partial charge in [0.2, 0.25) is 0 Å². The van der Waals surface area contributed by atoms with Crippen LogP contribution in [0.4, 0.5) is 19.0 Å². The van der Waals surface area contributed by atoms with Gasteiger partial charge in [-0.2, -0.15) is 13.2 Å². The van der Waals surface area contributed by atoms with E-state index in [0.717, 1.165) is 30.8 Å². The summed E-state index contributed by atoms with van der Waals surface area (Å²) >= 11 is 12.0. The van der Waals surface area contributed by atoms with Gasteiger partial charge in [0.1, 0.15) is 5.82 Å². The van der Waals surface area contributed by atoms with Crippen LogP contribution in [0.1, 0.15) is 17.5 Å². The van der Waals surface area contributed by atoms with E-state index in [1.54, 1.807) is 12.1 Å². The highest BCUT2D eigenvalue weighted by Gasteiger charge is 2.31. The maximum absolute atomic E-state index is 12.6. The summed E-state index contributed by atoms with van der Waals surface area (Å²) in [5.74, 6) is 0.557. The minimum atomic E-state index is -4.36. The van der Waals surface area contributed by atoms with Crippen molar-refractivity contribution in [2.75, 3.05) is 18.0 Å². The van der Waals surface area contributed by atoms with E-state index in [9.17, 15) is 13.2 Å². The number of nitrogens with zero attached hydrogens (tertiary/aromatic N) is 2. The zero-order valence-corrected chi connectivity index (χ0v) is 14.7. The Morgan fingerprint density at radius 2 is 2.00 bits per heavy atom. The summed E-state index contributed by atoms with van der Waals surface area (Å²) in [6.07, 6.45) is -2.60. The molecule has 0 amide bonds. The number of pyridine rings is 1. The quantitative estimate of drug-likeness (QED) is 0.815. The van der Waals surface area contributed by atoms with Crippen LogP contribution in [-0.4, -0.2) is 24.1 Å². The fraction of sp³-hybridized carbons (Fsp3) is 0.353. The topological polar surface area (TPSA) is 28.2 Å². The summed E-state index contributed by atoms with van der Waals surface area (Å²) in [6, 6.07) is 8.07. The lowest BCUT2D eigenvalue weighted by Gasteiger charge is -2.19. The Kier molecular flexibility index (Phi) is 5.41. The molecule has 1 aliphatic heterocycles. The molecule has 1 N–H and O–H groups in total. The van der Waals surface area contributed by atoms with Gasteiger partial charge in [-0.15, -0.1) is 0 Å². The molecule has 2 aromatic rings. The Morgan fingerprint density at radius 3 is 2.64 bits per heavy atom. The summed E-state index contributed by atoms with van der Waals surface area (Å²) in [5, 5.41) is 4.62. The normalized spacial score (nSPS) is 18.0. The van der Waals surface area contributed by atoms with Crippen molar-refractivity contribution in [3.8, 4) is 0 Å². The molecule has 0 spiro atoms. The van der Waals surface area contributed by atoms with Gasteiger partial charge in [-0.25, -0.2) is 4.98 Å². The fourth-order valence-electron chi connectivity index (χ4n) is 2.80. The van der Waals surface area contributed by atoms with Crippen LogP contribution in [0.2, 0.25) is 10.0 Å². The summed E-state index contributed by atoms with van der Waals surface area (Å²) in [7, 11) is 0. The van der Waals surface area contributed by atoms with E-state index in [4.69, 9.17) is 23.2 Å². The van der Waals surface area contributed by atoms with Crippen LogP contribution < -0.4 is 10.2 Å². The molecule has 0 saturated carbocycles. The number of hydrogen-bond acceptors (Lipinski definition) is 3. The van der Waals surface area contributed by atoms with Gasteiger partial charge in [-0.3, -0.25) is 0 Å². The minimum absolute atomic E-state index is 0.218. The number of halogens is 5. The van der Waals surface area contributed by atoms with Crippen molar-refractivity contribution >= 4 is 29.0 Å². The molecule has 3 rings (SSSR count). The Morgan fingerprint density at radius 1 is 1.20 bits per heavy atom. The molecule has 134 valence electrons. The highest BCUT2D eigenvalue weighted by molar-refractivity contribution is 6.35. The number of nitrogens with one attached hydrogen (secondary N) is 1. The molecule has 1 saturated heterocycles. The number of hydrogen-bond donors (Lipinski definition) is 1. The van der Waals surface area contributed by atoms with Gasteiger partial charge in [0.25, 0.3) is 0 Å². The third-order valence-electron chi connectivity index (χ3n) is 4.18. The van der Waals surface area contributed by atoms with Crippen LogP contribution in [0.25, 0.3) is 0 Å². The zero-order chi connectivity index (χ0) is 18.0. The highest BCUT2D eigenvalue weighted by atomic mass is 35.5. The summed E-state index contributed by atoms with van der Waals surface area (Å²) in [5.41, 5.74) is 0.222. The number of rotatable bonds is 4. The van der Waals surface area contributed by atoms with Gasteiger partial charge in [-0.1, -0.05) is 29.3 Å². The third-order valence-corrected chi connectivity index (χ3v) is 4.77. The minimum Gasteiger partial charge on any atom is -0.355 e. The lowest BCUT2D eigenvalue weighted by molar-refractivity contribution is -0.137. The maximum atomic E-state index is 12.6. The molecule has 0 bridgehead atoms. The lowest BCUT2D eigenvalue weighted by Crippen LogP contribution is -2.32. The van der Waals surface area contributed by atoms with Crippen molar-refractivity contribution < 1.29 is 13.2 Å². The van der Waals surface area contributed by atoms with E-state index in [1.807, 2.05) is 11.0 Å². The first kappa shape index (κ1) is 18.3. The molecule has 0 aliphatic carbocycles. The smallest absolute Gasteiger partial charge is 0.355 e. The largest absolute Gasteiger partial charge is 0.417 e. The van der Waals surface area contributed by atoms with Crippen LogP contribution in [0.3, 0.4) is 0 Å². The molecule has 1 atom stereocenters. The maximum Gasteiger partial charge on any atom is 0.417 e. The van der Waals surface area contributed by atoms with Crippen LogP contribution in [0, 0.1) is 0 Å². The van der Waals surface area contributed by atoms with Gasteiger partial charge in [0.15, 0.2) is 0 Å². The van der Waals surface area contributed by atoms with Gasteiger partial charge in [-0.05, 0) is 36.2 Å². The van der Waals surface area contributed by atoms with Crippen molar-refractivity contribution in [1.82, 2.24) is 10.3 Å². The van der Waals surface area contributed by atoms with E-state index >= 15 is 0 Å². The van der Waals surface area contributed by atoms with E-state index in [0.29, 0.717) is 29.0 Å². The highest BCUT2D eigenvalue weighted by Crippen LogP contribution is 2.30. The molecule has 1 fully saturated rings. The second-order valence-electron chi connectivity index (χ2n) is 5.95. The number of benzene rings is 1. The molecule has 3 nitrogen and oxygen atoms in total. The van der Waals surface area contributed by atoms with Crippen molar-refractivity contribution in [3.63, 3.8) is 0 Å². The first-order valence-corrected chi connectivity index (χ1v) is 8.54. The molecule has 25 heavy (non-hydrogen) atoms. The molecule has 2 heterocycles. The van der Waals surface area contributed by atoms with Crippen molar-refractivity contribution in [2.24, 2.45) is 0 Å². The van der Waals surface area contributed by atoms with Crippen molar-refractivity contribution in [1.29, 1.82) is 0 Å². The van der Waals surface area contributed by atoms with Gasteiger partial charge in [0.05, 0.1) is 5.56 Å². The zero-order valence-electron chi connectivity index (χ0n) is 13.2. The fourth-order valence-corrected chi connectivity index (χ4v) is 3.27. The number of aromatic nitrogens is 1. The summed E-state index contributed by atoms with van der Waals surface area (Å²) < 4.78 is 37.8. The monoisotopic (exact) mass is 389 g/mol. The van der Waals surface area contributed by atoms with E-state index in [-0.39, 0.29) is 6.04 Å². The standard InChI is InChI=1S/C17H16Cl2F3N3/c18-13-3-1-11(15(19)7-13)8-23-14-5-6-25(10-14)16-4-2-12(9-24-16)17(20,21)22/h1-4,7,9,14,23H,5-6,8,10H2/t14-/m0/s1. The molecule has 0 radical (unpaired) electrons. The Labute approximate surface area is 153 Å². The SMILES string of the molecule is FC(F)(F)c1ccc(N2CC[C@H](NCc3ccc(Cl)cc3Cl)C2)nc1. The predicted molar refractivity (Wildman–Crippen MR) is 93.2 cm³/mol. The average molecular weight is 390 g/mol. The summed E-state index contributed by atoms with van der Waals surface area (Å²) in [4.78, 5) is 5.92. The molecule has 0 unspecified atom stereocenters.